The van der Waals surface area contributed by atoms with E-state index >= 15 is 0 Å². The maximum atomic E-state index is 13.9. The molecule has 0 fully saturated rings. The average Bonchev–Trinajstić information content (AvgIpc) is 2.71. The molecular weight excluding hydrogens is 335 g/mol. The van der Waals surface area contributed by atoms with Crippen molar-refractivity contribution in [3.8, 4) is 5.75 Å². The fraction of sp³-hybridized carbons (Fsp3) is 0.440. The van der Waals surface area contributed by atoms with Gasteiger partial charge in [0.2, 0.25) is 0 Å². The van der Waals surface area contributed by atoms with Crippen LogP contribution in [0.15, 0.2) is 54.6 Å². The van der Waals surface area contributed by atoms with Crippen LogP contribution in [0.3, 0.4) is 0 Å². The Morgan fingerprint density at radius 2 is 1.48 bits per heavy atom. The Morgan fingerprint density at radius 3 is 2.15 bits per heavy atom. The molecule has 2 rings (SSSR count). The van der Waals surface area contributed by atoms with Crippen LogP contribution in [-0.4, -0.2) is 0 Å². The molecule has 1 nitrogen and oxygen atoms in total. The smallest absolute Gasteiger partial charge is 0.126 e. The summed E-state index contributed by atoms with van der Waals surface area (Å²) in [6.45, 7) is 4.82. The van der Waals surface area contributed by atoms with Gasteiger partial charge < -0.3 is 4.74 Å². The van der Waals surface area contributed by atoms with Crippen LogP contribution in [0.25, 0.3) is 5.83 Å². The first-order valence-corrected chi connectivity index (χ1v) is 10.4. The van der Waals surface area contributed by atoms with Gasteiger partial charge in [0.1, 0.15) is 18.2 Å². The van der Waals surface area contributed by atoms with Gasteiger partial charge in [-0.1, -0.05) is 70.2 Å². The molecule has 0 aromatic heterocycles. The van der Waals surface area contributed by atoms with E-state index in [1.165, 1.54) is 37.7 Å². The van der Waals surface area contributed by atoms with Crippen molar-refractivity contribution in [2.24, 2.45) is 0 Å². The molecule has 0 atom stereocenters. The van der Waals surface area contributed by atoms with Crippen molar-refractivity contribution in [1.82, 2.24) is 0 Å². The number of benzene rings is 2. The highest BCUT2D eigenvalue weighted by Gasteiger charge is 2.02. The maximum absolute atomic E-state index is 13.9. The van der Waals surface area contributed by atoms with Crippen LogP contribution in [0, 0.1) is 0 Å². The molecule has 0 radical (unpaired) electrons. The van der Waals surface area contributed by atoms with Crippen molar-refractivity contribution < 1.29 is 9.13 Å². The van der Waals surface area contributed by atoms with Gasteiger partial charge in [0.05, 0.1) is 0 Å². The Hall–Kier alpha value is -2.09. The predicted octanol–water partition coefficient (Wildman–Crippen LogP) is 7.89. The third-order valence-electron chi connectivity index (χ3n) is 4.74. The number of unbranched alkanes of at least 4 members (excludes halogenated alkanes) is 5. The third-order valence-corrected chi connectivity index (χ3v) is 4.74. The van der Waals surface area contributed by atoms with E-state index in [1.54, 1.807) is 18.2 Å². The maximum Gasteiger partial charge on any atom is 0.126 e. The molecule has 2 aromatic rings. The van der Waals surface area contributed by atoms with Crippen LogP contribution >= 0.6 is 0 Å². The van der Waals surface area contributed by atoms with Gasteiger partial charge in [-0.3, -0.25) is 0 Å². The quantitative estimate of drug-likeness (QED) is 0.346. The second-order valence-corrected chi connectivity index (χ2v) is 7.13. The molecule has 0 saturated heterocycles. The highest BCUT2D eigenvalue weighted by Crippen LogP contribution is 2.21. The molecule has 0 bridgehead atoms. The van der Waals surface area contributed by atoms with E-state index in [4.69, 9.17) is 4.74 Å². The Kier molecular flexibility index (Phi) is 9.68. The molecule has 0 aliphatic heterocycles. The first-order valence-electron chi connectivity index (χ1n) is 10.4. The average molecular weight is 369 g/mol. The molecule has 0 aliphatic rings. The monoisotopic (exact) mass is 368 g/mol. The number of allylic oxidation sites excluding steroid dienone is 1. The number of hydrogen-bond acceptors (Lipinski definition) is 1. The van der Waals surface area contributed by atoms with Crippen LogP contribution in [0.1, 0.15) is 75.5 Å². The van der Waals surface area contributed by atoms with Gasteiger partial charge >= 0.3 is 0 Å². The van der Waals surface area contributed by atoms with E-state index in [0.29, 0.717) is 12.2 Å². The molecular formula is C25H33FO. The lowest BCUT2D eigenvalue weighted by molar-refractivity contribution is 0.306. The van der Waals surface area contributed by atoms with Gasteiger partial charge in [0.15, 0.2) is 0 Å². The molecule has 0 saturated carbocycles. The number of ether oxygens (including phenoxy) is 1. The van der Waals surface area contributed by atoms with E-state index < -0.39 is 0 Å². The number of hydrogen-bond donors (Lipinski definition) is 0. The van der Waals surface area contributed by atoms with Crippen molar-refractivity contribution in [2.75, 3.05) is 0 Å². The fourth-order valence-corrected chi connectivity index (χ4v) is 3.00. The summed E-state index contributed by atoms with van der Waals surface area (Å²) < 4.78 is 19.7. The summed E-state index contributed by atoms with van der Waals surface area (Å²) >= 11 is 0. The van der Waals surface area contributed by atoms with Crippen molar-refractivity contribution in [1.29, 1.82) is 0 Å². The van der Waals surface area contributed by atoms with Crippen LogP contribution < -0.4 is 4.74 Å². The van der Waals surface area contributed by atoms with Crippen molar-refractivity contribution >= 4 is 5.83 Å². The summed E-state index contributed by atoms with van der Waals surface area (Å²) in [5.74, 6) is 0.607. The third kappa shape index (κ3) is 7.99. The minimum absolute atomic E-state index is 0.159. The van der Waals surface area contributed by atoms with Crippen LogP contribution in [0.5, 0.6) is 5.75 Å². The summed E-state index contributed by atoms with van der Waals surface area (Å²) in [7, 11) is 0. The summed E-state index contributed by atoms with van der Waals surface area (Å²) in [5, 5.41) is 0. The Bertz CT molecular complexity index is 670. The van der Waals surface area contributed by atoms with E-state index in [2.05, 4.69) is 31.2 Å². The zero-order valence-electron chi connectivity index (χ0n) is 16.8. The molecule has 146 valence electrons. The summed E-state index contributed by atoms with van der Waals surface area (Å²) in [4.78, 5) is 0. The molecule has 0 spiro atoms. The zero-order chi connectivity index (χ0) is 19.3. The molecule has 0 N–H and O–H groups in total. The molecule has 0 heterocycles. The Morgan fingerprint density at radius 1 is 0.815 bits per heavy atom. The van der Waals surface area contributed by atoms with Gasteiger partial charge in [-0.2, -0.15) is 0 Å². The van der Waals surface area contributed by atoms with Crippen molar-refractivity contribution in [3.05, 3.63) is 71.3 Å². The van der Waals surface area contributed by atoms with Crippen LogP contribution in [-0.2, 0) is 13.0 Å². The normalized spacial score (nSPS) is 11.6. The predicted molar refractivity (Wildman–Crippen MR) is 114 cm³/mol. The first-order chi connectivity index (χ1) is 13.2. The lowest BCUT2D eigenvalue weighted by Crippen LogP contribution is -1.96. The minimum atomic E-state index is -0.159. The Labute approximate surface area is 164 Å². The number of aryl methyl sites for hydroxylation is 1. The summed E-state index contributed by atoms with van der Waals surface area (Å²) in [6.07, 6.45) is 11.1. The summed E-state index contributed by atoms with van der Waals surface area (Å²) in [5.41, 5.74) is 3.16. The largest absolute Gasteiger partial charge is 0.489 e. The van der Waals surface area contributed by atoms with Crippen LogP contribution in [0.4, 0.5) is 4.39 Å². The highest BCUT2D eigenvalue weighted by atomic mass is 19.1. The summed E-state index contributed by atoms with van der Waals surface area (Å²) in [6, 6.07) is 15.9. The zero-order valence-corrected chi connectivity index (χ0v) is 16.8. The van der Waals surface area contributed by atoms with Crippen LogP contribution in [0.2, 0.25) is 0 Å². The second kappa shape index (κ2) is 12.3. The second-order valence-electron chi connectivity index (χ2n) is 7.13. The van der Waals surface area contributed by atoms with E-state index in [9.17, 15) is 4.39 Å². The van der Waals surface area contributed by atoms with Crippen molar-refractivity contribution in [3.63, 3.8) is 0 Å². The number of halogens is 1. The molecule has 2 aromatic carbocycles. The first kappa shape index (κ1) is 21.2. The Balaban J connectivity index is 1.77. The molecule has 2 heteroatoms. The fourth-order valence-electron chi connectivity index (χ4n) is 3.00. The molecule has 0 aliphatic carbocycles. The SMILES string of the molecule is CCCC=C(F)c1ccc(OCc2ccc(CCCCCCC)cc2)cc1. The van der Waals surface area contributed by atoms with Gasteiger partial charge in [-0.25, -0.2) is 4.39 Å². The molecule has 0 amide bonds. The minimum Gasteiger partial charge on any atom is -0.489 e. The highest BCUT2D eigenvalue weighted by molar-refractivity contribution is 5.59. The van der Waals surface area contributed by atoms with Crippen molar-refractivity contribution in [2.45, 2.75) is 71.8 Å². The lowest BCUT2D eigenvalue weighted by Gasteiger charge is -2.08. The standard InChI is InChI=1S/C25H33FO/c1-3-5-7-8-9-10-21-12-14-22(15-13-21)20-27-24-18-16-23(17-19-24)25(26)11-6-4-2/h11-19H,3-10,20H2,1-2H3. The van der Waals surface area contributed by atoms with Gasteiger partial charge in [-0.15, -0.1) is 0 Å². The van der Waals surface area contributed by atoms with E-state index in [-0.39, 0.29) is 5.83 Å². The number of rotatable bonds is 12. The topological polar surface area (TPSA) is 9.23 Å². The van der Waals surface area contributed by atoms with E-state index in [1.807, 2.05) is 19.1 Å². The molecule has 0 unspecified atom stereocenters. The van der Waals surface area contributed by atoms with Gasteiger partial charge in [-0.05, 0) is 60.7 Å². The molecule has 27 heavy (non-hydrogen) atoms. The van der Waals surface area contributed by atoms with Gasteiger partial charge in [0, 0.05) is 5.56 Å². The lowest BCUT2D eigenvalue weighted by atomic mass is 10.0. The van der Waals surface area contributed by atoms with E-state index in [0.717, 1.165) is 30.6 Å². The van der Waals surface area contributed by atoms with Gasteiger partial charge in [0.25, 0.3) is 0 Å².